The van der Waals surface area contributed by atoms with Crippen LogP contribution in [0, 0.1) is 0 Å². The van der Waals surface area contributed by atoms with Gasteiger partial charge in [0.05, 0.1) is 17.0 Å². The lowest BCUT2D eigenvalue weighted by atomic mass is 10.1. The molecule has 0 unspecified atom stereocenters. The molecule has 2 rings (SSSR count). The molecule has 1 aliphatic rings. The lowest BCUT2D eigenvalue weighted by Gasteiger charge is -2.29. The summed E-state index contributed by atoms with van der Waals surface area (Å²) < 4.78 is 25.0. The fraction of sp³-hybridized carbons (Fsp3) is 0.364. The van der Waals surface area contributed by atoms with Crippen LogP contribution in [-0.4, -0.2) is 31.8 Å². The molecule has 6 heteroatoms. The predicted octanol–water partition coefficient (Wildman–Crippen LogP) is 1.31. The molecule has 1 saturated heterocycles. The lowest BCUT2D eigenvalue weighted by molar-refractivity contribution is 0.0698. The molecule has 0 amide bonds. The quantitative estimate of drug-likeness (QED) is 0.864. The number of aromatic carboxylic acids is 1. The molecule has 1 aliphatic heterocycles. The van der Waals surface area contributed by atoms with Gasteiger partial charge >= 0.3 is 5.97 Å². The Bertz CT molecular complexity index is 538. The van der Waals surface area contributed by atoms with Crippen LogP contribution in [0.15, 0.2) is 24.3 Å². The Morgan fingerprint density at radius 1 is 1.24 bits per heavy atom. The van der Waals surface area contributed by atoms with Gasteiger partial charge in [-0.3, -0.25) is 4.31 Å². The van der Waals surface area contributed by atoms with Crippen LogP contribution in [0.1, 0.15) is 23.2 Å². The standard InChI is InChI=1S/C11H13NO4S/c13-11(14)9-5-1-2-6-10(9)12-7-3-4-8-17(12,15)16/h1-2,5-6H,3-4,7-8H2,(H,13,14). The number of carbonyl (C=O) groups is 1. The van der Waals surface area contributed by atoms with Gasteiger partial charge in [0.15, 0.2) is 0 Å². The average molecular weight is 255 g/mol. The van der Waals surface area contributed by atoms with Crippen LogP contribution in [0.3, 0.4) is 0 Å². The van der Waals surface area contributed by atoms with Crippen molar-refractivity contribution < 1.29 is 18.3 Å². The van der Waals surface area contributed by atoms with Crippen molar-refractivity contribution in [2.24, 2.45) is 0 Å². The van der Waals surface area contributed by atoms with Crippen LogP contribution in [0.25, 0.3) is 0 Å². The second-order valence-electron chi connectivity index (χ2n) is 3.92. The maximum Gasteiger partial charge on any atom is 0.337 e. The molecular formula is C11H13NO4S. The highest BCUT2D eigenvalue weighted by atomic mass is 32.2. The molecule has 1 heterocycles. The minimum absolute atomic E-state index is 0.0259. The topological polar surface area (TPSA) is 74.7 Å². The molecule has 1 fully saturated rings. The van der Waals surface area contributed by atoms with E-state index in [-0.39, 0.29) is 17.0 Å². The van der Waals surface area contributed by atoms with E-state index in [4.69, 9.17) is 5.11 Å². The minimum atomic E-state index is -3.36. The fourth-order valence-corrected chi connectivity index (χ4v) is 3.59. The van der Waals surface area contributed by atoms with Gasteiger partial charge in [-0.15, -0.1) is 0 Å². The number of carboxylic acids is 1. The van der Waals surface area contributed by atoms with Gasteiger partial charge in [-0.1, -0.05) is 12.1 Å². The van der Waals surface area contributed by atoms with E-state index in [1.165, 1.54) is 16.4 Å². The molecule has 1 aromatic carbocycles. The fourth-order valence-electron chi connectivity index (χ4n) is 1.93. The Hall–Kier alpha value is -1.56. The van der Waals surface area contributed by atoms with Gasteiger partial charge in [-0.2, -0.15) is 0 Å². The summed E-state index contributed by atoms with van der Waals surface area (Å²) in [5.41, 5.74) is 0.290. The van der Waals surface area contributed by atoms with Crippen molar-refractivity contribution in [3.63, 3.8) is 0 Å². The molecule has 0 aromatic heterocycles. The van der Waals surface area contributed by atoms with Gasteiger partial charge in [0, 0.05) is 6.54 Å². The third-order valence-corrected chi connectivity index (χ3v) is 4.61. The summed E-state index contributed by atoms with van der Waals surface area (Å²) in [5.74, 6) is -1.03. The first-order valence-corrected chi connectivity index (χ1v) is 6.96. The van der Waals surface area contributed by atoms with E-state index >= 15 is 0 Å². The maximum absolute atomic E-state index is 11.9. The Labute approximate surface area is 99.7 Å². The summed E-state index contributed by atoms with van der Waals surface area (Å²) in [6, 6.07) is 6.18. The van der Waals surface area contributed by atoms with Crippen molar-refractivity contribution in [1.82, 2.24) is 0 Å². The zero-order chi connectivity index (χ0) is 12.5. The van der Waals surface area contributed by atoms with Crippen molar-refractivity contribution in [1.29, 1.82) is 0 Å². The largest absolute Gasteiger partial charge is 0.478 e. The van der Waals surface area contributed by atoms with Crippen LogP contribution < -0.4 is 4.31 Å². The number of sulfonamides is 1. The molecule has 92 valence electrons. The molecule has 0 atom stereocenters. The number of rotatable bonds is 2. The van der Waals surface area contributed by atoms with Crippen molar-refractivity contribution in [3.05, 3.63) is 29.8 Å². The van der Waals surface area contributed by atoms with E-state index in [2.05, 4.69) is 0 Å². The van der Waals surface area contributed by atoms with E-state index < -0.39 is 16.0 Å². The number of carboxylic acid groups (broad SMARTS) is 1. The monoisotopic (exact) mass is 255 g/mol. The number of anilines is 1. The van der Waals surface area contributed by atoms with Crippen molar-refractivity contribution >= 4 is 21.7 Å². The Balaban J connectivity index is 2.49. The van der Waals surface area contributed by atoms with E-state index in [1.54, 1.807) is 12.1 Å². The summed E-state index contributed by atoms with van der Waals surface area (Å²) in [6.07, 6.45) is 1.39. The van der Waals surface area contributed by atoms with Crippen molar-refractivity contribution in [2.45, 2.75) is 12.8 Å². The first-order chi connectivity index (χ1) is 8.02. The van der Waals surface area contributed by atoms with E-state index in [1.807, 2.05) is 0 Å². The summed E-state index contributed by atoms with van der Waals surface area (Å²) >= 11 is 0. The summed E-state index contributed by atoms with van der Waals surface area (Å²) in [6.45, 7) is 0.354. The average Bonchev–Trinajstić information content (AvgIpc) is 2.28. The normalized spacial score (nSPS) is 18.9. The maximum atomic E-state index is 11.9. The van der Waals surface area contributed by atoms with E-state index in [0.29, 0.717) is 13.0 Å². The van der Waals surface area contributed by atoms with E-state index in [0.717, 1.165) is 6.42 Å². The van der Waals surface area contributed by atoms with Crippen LogP contribution in [0.4, 0.5) is 5.69 Å². The zero-order valence-corrected chi connectivity index (χ0v) is 9.98. The molecule has 0 saturated carbocycles. The van der Waals surface area contributed by atoms with Crippen molar-refractivity contribution in [2.75, 3.05) is 16.6 Å². The number of hydrogen-bond acceptors (Lipinski definition) is 3. The SMILES string of the molecule is O=C(O)c1ccccc1N1CCCCS1(=O)=O. The molecular weight excluding hydrogens is 242 g/mol. The van der Waals surface area contributed by atoms with Gasteiger partial charge in [0.1, 0.15) is 0 Å². The third-order valence-electron chi connectivity index (χ3n) is 2.75. The highest BCUT2D eigenvalue weighted by molar-refractivity contribution is 7.92. The number of benzene rings is 1. The van der Waals surface area contributed by atoms with Gasteiger partial charge in [0.25, 0.3) is 0 Å². The van der Waals surface area contributed by atoms with Gasteiger partial charge in [0.2, 0.25) is 10.0 Å². The predicted molar refractivity (Wildman–Crippen MR) is 63.8 cm³/mol. The van der Waals surface area contributed by atoms with Crippen LogP contribution >= 0.6 is 0 Å². The number of nitrogens with zero attached hydrogens (tertiary/aromatic N) is 1. The third kappa shape index (κ3) is 2.26. The van der Waals surface area contributed by atoms with E-state index in [9.17, 15) is 13.2 Å². The first-order valence-electron chi connectivity index (χ1n) is 5.35. The molecule has 17 heavy (non-hydrogen) atoms. The second kappa shape index (κ2) is 4.37. The van der Waals surface area contributed by atoms with Crippen molar-refractivity contribution in [3.8, 4) is 0 Å². The Morgan fingerprint density at radius 2 is 1.94 bits per heavy atom. The molecule has 5 nitrogen and oxygen atoms in total. The second-order valence-corrected chi connectivity index (χ2v) is 5.93. The summed E-state index contributed by atoms with van der Waals surface area (Å²) in [4.78, 5) is 11.1. The number of hydrogen-bond donors (Lipinski definition) is 1. The molecule has 0 aliphatic carbocycles. The highest BCUT2D eigenvalue weighted by Crippen LogP contribution is 2.26. The summed E-state index contributed by atoms with van der Waals surface area (Å²) in [5, 5.41) is 9.05. The molecule has 1 aromatic rings. The van der Waals surface area contributed by atoms with Gasteiger partial charge < -0.3 is 5.11 Å². The van der Waals surface area contributed by atoms with Gasteiger partial charge in [-0.25, -0.2) is 13.2 Å². The van der Waals surface area contributed by atoms with Crippen LogP contribution in [0.5, 0.6) is 0 Å². The molecule has 1 N–H and O–H groups in total. The smallest absolute Gasteiger partial charge is 0.337 e. The molecule has 0 spiro atoms. The number of para-hydroxylation sites is 1. The Morgan fingerprint density at radius 3 is 2.59 bits per heavy atom. The molecule has 0 bridgehead atoms. The van der Waals surface area contributed by atoms with Gasteiger partial charge in [-0.05, 0) is 25.0 Å². The highest BCUT2D eigenvalue weighted by Gasteiger charge is 2.28. The Kier molecular flexibility index (Phi) is 3.06. The molecule has 0 radical (unpaired) electrons. The summed E-state index contributed by atoms with van der Waals surface area (Å²) in [7, 11) is -3.36. The van der Waals surface area contributed by atoms with Crippen LogP contribution in [-0.2, 0) is 10.0 Å². The zero-order valence-electron chi connectivity index (χ0n) is 9.17. The van der Waals surface area contributed by atoms with Crippen LogP contribution in [0.2, 0.25) is 0 Å². The first kappa shape index (κ1) is 11.9. The minimum Gasteiger partial charge on any atom is -0.478 e. The lowest BCUT2D eigenvalue weighted by Crippen LogP contribution is -2.38.